The number of sulfonamides is 1. The van der Waals surface area contributed by atoms with Crippen LogP contribution in [0.25, 0.3) is 0 Å². The molecule has 3 aromatic rings. The number of anilines is 1. The molecule has 0 spiro atoms. The first-order valence-corrected chi connectivity index (χ1v) is 12.7. The fourth-order valence-corrected chi connectivity index (χ4v) is 4.71. The van der Waals surface area contributed by atoms with Crippen LogP contribution in [0.1, 0.15) is 28.8 Å². The average Bonchev–Trinajstić information content (AvgIpc) is 3.39. The second-order valence-corrected chi connectivity index (χ2v) is 10.6. The Morgan fingerprint density at radius 2 is 1.80 bits per heavy atom. The van der Waals surface area contributed by atoms with Crippen molar-refractivity contribution < 1.29 is 22.3 Å². The fraction of sp³-hybridized carbons (Fsp3) is 0.280. The molecule has 184 valence electrons. The van der Waals surface area contributed by atoms with Gasteiger partial charge in [-0.1, -0.05) is 6.07 Å². The molecule has 10 heteroatoms. The molecule has 1 saturated heterocycles. The van der Waals surface area contributed by atoms with Gasteiger partial charge < -0.3 is 15.0 Å². The molecule has 0 bridgehead atoms. The van der Waals surface area contributed by atoms with Crippen LogP contribution in [0.4, 0.5) is 10.1 Å². The Hall–Kier alpha value is -3.50. The summed E-state index contributed by atoms with van der Waals surface area (Å²) in [6, 6.07) is 13.7. The highest BCUT2D eigenvalue weighted by Gasteiger charge is 2.24. The summed E-state index contributed by atoms with van der Waals surface area (Å²) in [5, 5.41) is 2.87. The molecule has 0 saturated carbocycles. The van der Waals surface area contributed by atoms with Crippen LogP contribution in [0.5, 0.6) is 11.6 Å². The number of hydrogen-bond acceptors (Lipinski definition) is 6. The molecular formula is C25H27FN4O4S. The number of ether oxygens (including phenoxy) is 1. The van der Waals surface area contributed by atoms with Crippen LogP contribution >= 0.6 is 0 Å². The maximum Gasteiger partial charge on any atom is 0.253 e. The van der Waals surface area contributed by atoms with Gasteiger partial charge in [-0.3, -0.25) is 4.79 Å². The van der Waals surface area contributed by atoms with Crippen molar-refractivity contribution in [3.63, 3.8) is 0 Å². The third-order valence-corrected chi connectivity index (χ3v) is 7.54. The number of halogens is 1. The van der Waals surface area contributed by atoms with Gasteiger partial charge in [0.1, 0.15) is 11.6 Å². The number of carbonyl (C=O) groups excluding carboxylic acids is 1. The van der Waals surface area contributed by atoms with Crippen molar-refractivity contribution in [3.05, 3.63) is 77.7 Å². The Balaban J connectivity index is 1.49. The molecule has 0 atom stereocenters. The molecule has 2 heterocycles. The molecule has 1 aliphatic rings. The quantitative estimate of drug-likeness (QED) is 0.508. The molecule has 2 aromatic carbocycles. The van der Waals surface area contributed by atoms with E-state index in [1.807, 2.05) is 0 Å². The average molecular weight is 499 g/mol. The first kappa shape index (κ1) is 24.6. The van der Waals surface area contributed by atoms with E-state index in [0.717, 1.165) is 41.5 Å². The van der Waals surface area contributed by atoms with E-state index < -0.39 is 10.0 Å². The monoisotopic (exact) mass is 498 g/mol. The number of nitrogens with zero attached hydrogens (tertiary/aromatic N) is 3. The molecule has 1 aliphatic heterocycles. The Labute approximate surface area is 204 Å². The van der Waals surface area contributed by atoms with Crippen LogP contribution in [0.2, 0.25) is 0 Å². The lowest BCUT2D eigenvalue weighted by Gasteiger charge is -2.22. The Morgan fingerprint density at radius 3 is 2.43 bits per heavy atom. The predicted octanol–water partition coefficient (Wildman–Crippen LogP) is 3.79. The van der Waals surface area contributed by atoms with Gasteiger partial charge in [0.2, 0.25) is 15.9 Å². The van der Waals surface area contributed by atoms with E-state index in [0.29, 0.717) is 17.2 Å². The van der Waals surface area contributed by atoms with Crippen LogP contribution in [0, 0.1) is 5.82 Å². The van der Waals surface area contributed by atoms with Gasteiger partial charge >= 0.3 is 0 Å². The van der Waals surface area contributed by atoms with Gasteiger partial charge in [-0.25, -0.2) is 22.1 Å². The zero-order valence-electron chi connectivity index (χ0n) is 19.6. The zero-order valence-corrected chi connectivity index (χ0v) is 20.4. The molecule has 0 radical (unpaired) electrons. The van der Waals surface area contributed by atoms with Crippen LogP contribution in [-0.2, 0) is 16.6 Å². The smallest absolute Gasteiger partial charge is 0.253 e. The molecular weight excluding hydrogens is 471 g/mol. The highest BCUT2D eigenvalue weighted by Crippen LogP contribution is 2.28. The second-order valence-electron chi connectivity index (χ2n) is 8.40. The van der Waals surface area contributed by atoms with E-state index >= 15 is 0 Å². The van der Waals surface area contributed by atoms with E-state index in [1.165, 1.54) is 44.4 Å². The van der Waals surface area contributed by atoms with Crippen molar-refractivity contribution in [2.45, 2.75) is 24.3 Å². The van der Waals surface area contributed by atoms with Crippen LogP contribution in [0.3, 0.4) is 0 Å². The molecule has 1 fully saturated rings. The third kappa shape index (κ3) is 5.77. The lowest BCUT2D eigenvalue weighted by molar-refractivity contribution is 0.0951. The summed E-state index contributed by atoms with van der Waals surface area (Å²) >= 11 is 0. The Morgan fingerprint density at radius 1 is 1.09 bits per heavy atom. The van der Waals surface area contributed by atoms with Crippen molar-refractivity contribution in [2.75, 3.05) is 32.1 Å². The number of benzene rings is 2. The van der Waals surface area contributed by atoms with Gasteiger partial charge in [0, 0.05) is 51.7 Å². The van der Waals surface area contributed by atoms with Gasteiger partial charge in [-0.05, 0) is 60.9 Å². The summed E-state index contributed by atoms with van der Waals surface area (Å²) in [5.41, 5.74) is 1.78. The highest BCUT2D eigenvalue weighted by atomic mass is 32.2. The molecule has 4 rings (SSSR count). The molecule has 0 aliphatic carbocycles. The lowest BCUT2D eigenvalue weighted by Crippen LogP contribution is -2.28. The van der Waals surface area contributed by atoms with Crippen molar-refractivity contribution in [1.82, 2.24) is 14.6 Å². The van der Waals surface area contributed by atoms with E-state index in [9.17, 15) is 17.6 Å². The zero-order chi connectivity index (χ0) is 25.0. The molecule has 0 unspecified atom stereocenters. The Bertz CT molecular complexity index is 1290. The summed E-state index contributed by atoms with van der Waals surface area (Å²) in [6.45, 7) is 1.84. The predicted molar refractivity (Wildman–Crippen MR) is 131 cm³/mol. The number of carbonyl (C=O) groups is 1. The fourth-order valence-electron chi connectivity index (χ4n) is 3.78. The van der Waals surface area contributed by atoms with Gasteiger partial charge in [-0.15, -0.1) is 0 Å². The SMILES string of the molecule is CN(C)S(=O)(=O)c1ccc(N2CCCC2)c(C(=O)NCc2ccc(Oc3ccc(F)cc3)nc2)c1. The van der Waals surface area contributed by atoms with Gasteiger partial charge in [0.25, 0.3) is 5.91 Å². The third-order valence-electron chi connectivity index (χ3n) is 5.72. The van der Waals surface area contributed by atoms with Gasteiger partial charge in [0.15, 0.2) is 0 Å². The number of rotatable bonds is 8. The number of pyridine rings is 1. The number of hydrogen-bond donors (Lipinski definition) is 1. The number of nitrogens with one attached hydrogen (secondary N) is 1. The normalized spacial score (nSPS) is 13.8. The Kier molecular flexibility index (Phi) is 7.32. The van der Waals surface area contributed by atoms with Crippen LogP contribution in [0.15, 0.2) is 65.7 Å². The minimum Gasteiger partial charge on any atom is -0.439 e. The molecule has 1 N–H and O–H groups in total. The lowest BCUT2D eigenvalue weighted by atomic mass is 10.1. The summed E-state index contributed by atoms with van der Waals surface area (Å²) < 4.78 is 45.0. The summed E-state index contributed by atoms with van der Waals surface area (Å²) in [6.07, 6.45) is 3.63. The summed E-state index contributed by atoms with van der Waals surface area (Å²) in [7, 11) is -0.767. The molecule has 1 aromatic heterocycles. The second kappa shape index (κ2) is 10.4. The molecule has 1 amide bonds. The maximum absolute atomic E-state index is 13.2. The molecule has 35 heavy (non-hydrogen) atoms. The van der Waals surface area contributed by atoms with Crippen molar-refractivity contribution >= 4 is 21.6 Å². The summed E-state index contributed by atoms with van der Waals surface area (Å²) in [5.74, 6) is 0.0787. The van der Waals surface area contributed by atoms with E-state index in [2.05, 4.69) is 15.2 Å². The molecule has 8 nitrogen and oxygen atoms in total. The van der Waals surface area contributed by atoms with Crippen LogP contribution in [-0.4, -0.2) is 50.8 Å². The van der Waals surface area contributed by atoms with E-state index in [4.69, 9.17) is 4.74 Å². The minimum atomic E-state index is -3.68. The first-order valence-electron chi connectivity index (χ1n) is 11.2. The van der Waals surface area contributed by atoms with E-state index in [-0.39, 0.29) is 23.2 Å². The first-order chi connectivity index (χ1) is 16.7. The van der Waals surface area contributed by atoms with Crippen molar-refractivity contribution in [3.8, 4) is 11.6 Å². The van der Waals surface area contributed by atoms with Crippen molar-refractivity contribution in [2.24, 2.45) is 0 Å². The standard InChI is InChI=1S/C25H27FN4O4S/c1-29(2)35(32,33)21-10-11-23(30-13-3-4-14-30)22(15-21)25(31)28-17-18-5-12-24(27-16-18)34-20-8-6-19(26)7-9-20/h5-12,15-16H,3-4,13-14,17H2,1-2H3,(H,28,31). The van der Waals surface area contributed by atoms with E-state index in [1.54, 1.807) is 30.5 Å². The van der Waals surface area contributed by atoms with Crippen LogP contribution < -0.4 is 15.0 Å². The minimum absolute atomic E-state index is 0.0690. The van der Waals surface area contributed by atoms with Gasteiger partial charge in [-0.2, -0.15) is 0 Å². The maximum atomic E-state index is 13.2. The largest absolute Gasteiger partial charge is 0.439 e. The topological polar surface area (TPSA) is 91.8 Å². The van der Waals surface area contributed by atoms with Crippen molar-refractivity contribution in [1.29, 1.82) is 0 Å². The summed E-state index contributed by atoms with van der Waals surface area (Å²) in [4.78, 5) is 19.6. The number of aromatic nitrogens is 1. The van der Waals surface area contributed by atoms with Gasteiger partial charge in [0.05, 0.1) is 10.5 Å². The highest BCUT2D eigenvalue weighted by molar-refractivity contribution is 7.89. The number of amides is 1.